The third kappa shape index (κ3) is 7.41. The lowest BCUT2D eigenvalue weighted by atomic mass is 10.0. The van der Waals surface area contributed by atoms with Crippen LogP contribution in [-0.4, -0.2) is 70.5 Å². The minimum Gasteiger partial charge on any atom is -0.467 e. The Morgan fingerprint density at radius 3 is 2.34 bits per heavy atom. The molecular weight excluding hydrogens is 394 g/mol. The zero-order valence-corrected chi connectivity index (χ0v) is 18.2. The quantitative estimate of drug-likeness (QED) is 0.515. The zero-order valence-electron chi connectivity index (χ0n) is 17.4. The van der Waals surface area contributed by atoms with Crippen molar-refractivity contribution < 1.29 is 27.6 Å². The number of carbonyl (C=O) groups excluding carboxylic acids is 2. The van der Waals surface area contributed by atoms with Gasteiger partial charge in [-0.05, 0) is 17.9 Å². The summed E-state index contributed by atoms with van der Waals surface area (Å²) in [5, 5.41) is 2.75. The highest BCUT2D eigenvalue weighted by Gasteiger charge is 2.31. The van der Waals surface area contributed by atoms with Crippen molar-refractivity contribution in [3.63, 3.8) is 0 Å². The standard InChI is InChI=1S/C20H31N3O5S/c1-16(2)13-18(20(25)28-3)21-19(24)14-22-9-11-23(12-10-22)29(26,27)15-17-7-5-4-6-8-17/h4-8,16,18H,9-15H2,1-3H3,(H,21,24)/p+1/t18-/m0/s1. The highest BCUT2D eigenvalue weighted by Crippen LogP contribution is 2.10. The van der Waals surface area contributed by atoms with Gasteiger partial charge in [0.15, 0.2) is 6.54 Å². The summed E-state index contributed by atoms with van der Waals surface area (Å²) in [7, 11) is -2.07. The molecule has 0 spiro atoms. The number of rotatable bonds is 9. The highest BCUT2D eigenvalue weighted by atomic mass is 32.2. The molecule has 8 nitrogen and oxygen atoms in total. The van der Waals surface area contributed by atoms with Crippen LogP contribution in [0.2, 0.25) is 0 Å². The molecule has 0 radical (unpaired) electrons. The van der Waals surface area contributed by atoms with Gasteiger partial charge in [0.05, 0.1) is 39.0 Å². The molecule has 1 aromatic rings. The smallest absolute Gasteiger partial charge is 0.328 e. The minimum absolute atomic E-state index is 0.0142. The molecule has 0 bridgehead atoms. The van der Waals surface area contributed by atoms with Gasteiger partial charge in [0, 0.05) is 0 Å². The van der Waals surface area contributed by atoms with Crippen LogP contribution in [0.5, 0.6) is 0 Å². The Hall–Kier alpha value is -1.97. The number of quaternary nitrogens is 1. The van der Waals surface area contributed by atoms with Gasteiger partial charge >= 0.3 is 5.97 Å². The number of esters is 1. The van der Waals surface area contributed by atoms with Gasteiger partial charge in [0.1, 0.15) is 6.04 Å². The molecule has 2 N–H and O–H groups in total. The Kier molecular flexibility index (Phi) is 8.60. The lowest BCUT2D eigenvalue weighted by Gasteiger charge is -2.31. The van der Waals surface area contributed by atoms with Gasteiger partial charge in [-0.2, -0.15) is 4.31 Å². The first-order valence-electron chi connectivity index (χ1n) is 9.93. The molecule has 1 saturated heterocycles. The molecule has 0 saturated carbocycles. The van der Waals surface area contributed by atoms with E-state index in [4.69, 9.17) is 4.74 Å². The number of piperazine rings is 1. The van der Waals surface area contributed by atoms with Crippen molar-refractivity contribution in [1.82, 2.24) is 9.62 Å². The van der Waals surface area contributed by atoms with E-state index in [9.17, 15) is 18.0 Å². The van der Waals surface area contributed by atoms with E-state index in [1.165, 1.54) is 11.4 Å². The summed E-state index contributed by atoms with van der Waals surface area (Å²) in [6.45, 7) is 6.01. The molecule has 1 amide bonds. The number of benzene rings is 1. The van der Waals surface area contributed by atoms with Crippen LogP contribution in [0.3, 0.4) is 0 Å². The van der Waals surface area contributed by atoms with Gasteiger partial charge in [-0.3, -0.25) is 4.79 Å². The van der Waals surface area contributed by atoms with E-state index in [0.717, 1.165) is 10.5 Å². The van der Waals surface area contributed by atoms with Crippen molar-refractivity contribution in [3.8, 4) is 0 Å². The maximum atomic E-state index is 12.6. The van der Waals surface area contributed by atoms with Crippen LogP contribution in [0.25, 0.3) is 0 Å². The van der Waals surface area contributed by atoms with Gasteiger partial charge in [0.2, 0.25) is 10.0 Å². The lowest BCUT2D eigenvalue weighted by Crippen LogP contribution is -3.15. The molecule has 9 heteroatoms. The molecule has 1 atom stereocenters. The Balaban J connectivity index is 1.84. The summed E-state index contributed by atoms with van der Waals surface area (Å²) >= 11 is 0. The predicted octanol–water partition coefficient (Wildman–Crippen LogP) is -0.579. The van der Waals surface area contributed by atoms with Crippen LogP contribution in [-0.2, 0) is 30.1 Å². The number of methoxy groups -OCH3 is 1. The van der Waals surface area contributed by atoms with Gasteiger partial charge in [-0.25, -0.2) is 13.2 Å². The van der Waals surface area contributed by atoms with Gasteiger partial charge in [0.25, 0.3) is 5.91 Å². The summed E-state index contributed by atoms with van der Waals surface area (Å²) in [5.74, 6) is -0.444. The summed E-state index contributed by atoms with van der Waals surface area (Å²) in [6, 6.07) is 8.46. The SMILES string of the molecule is COC(=O)[C@H](CC(C)C)NC(=O)C[NH+]1CCN(S(=O)(=O)Cc2ccccc2)CC1. The summed E-state index contributed by atoms with van der Waals surface area (Å²) in [4.78, 5) is 25.2. The van der Waals surface area contributed by atoms with E-state index in [1.54, 1.807) is 12.1 Å². The van der Waals surface area contributed by atoms with E-state index in [-0.39, 0.29) is 24.1 Å². The van der Waals surface area contributed by atoms with E-state index in [1.807, 2.05) is 32.0 Å². The fourth-order valence-electron chi connectivity index (χ4n) is 3.43. The minimum atomic E-state index is -3.38. The average Bonchev–Trinajstić information content (AvgIpc) is 2.67. The van der Waals surface area contributed by atoms with Crippen molar-refractivity contribution in [2.75, 3.05) is 39.8 Å². The number of carbonyl (C=O) groups is 2. The fraction of sp³-hybridized carbons (Fsp3) is 0.600. The van der Waals surface area contributed by atoms with Crippen LogP contribution in [0.15, 0.2) is 30.3 Å². The van der Waals surface area contributed by atoms with Crippen LogP contribution in [0.1, 0.15) is 25.8 Å². The monoisotopic (exact) mass is 426 g/mol. The Bertz CT molecular complexity index is 775. The second-order valence-corrected chi connectivity index (χ2v) is 9.81. The molecule has 1 heterocycles. The molecule has 0 aromatic heterocycles. The number of hydrogen-bond donors (Lipinski definition) is 2. The number of hydrogen-bond acceptors (Lipinski definition) is 5. The average molecular weight is 427 g/mol. The molecule has 1 aliphatic rings. The number of sulfonamides is 1. The normalized spacial score (nSPS) is 17.1. The van der Waals surface area contributed by atoms with Crippen molar-refractivity contribution in [1.29, 1.82) is 0 Å². The Morgan fingerprint density at radius 2 is 1.79 bits per heavy atom. The second-order valence-electron chi connectivity index (χ2n) is 7.84. The summed E-state index contributed by atoms with van der Waals surface area (Å²) in [6.07, 6.45) is 0.513. The van der Waals surface area contributed by atoms with Crippen LogP contribution in [0, 0.1) is 5.92 Å². The molecule has 1 fully saturated rings. The first-order chi connectivity index (χ1) is 13.7. The third-order valence-electron chi connectivity index (χ3n) is 4.95. The van der Waals surface area contributed by atoms with E-state index < -0.39 is 22.0 Å². The molecule has 1 aromatic carbocycles. The van der Waals surface area contributed by atoms with Crippen molar-refractivity contribution in [2.24, 2.45) is 5.92 Å². The third-order valence-corrected chi connectivity index (χ3v) is 6.80. The van der Waals surface area contributed by atoms with Crippen LogP contribution in [0.4, 0.5) is 0 Å². The number of nitrogens with one attached hydrogen (secondary N) is 2. The number of amides is 1. The number of nitrogens with zero attached hydrogens (tertiary/aromatic N) is 1. The Labute approximate surface area is 173 Å². The largest absolute Gasteiger partial charge is 0.467 e. The van der Waals surface area contributed by atoms with Crippen molar-refractivity contribution in [2.45, 2.75) is 32.1 Å². The van der Waals surface area contributed by atoms with E-state index in [2.05, 4.69) is 5.32 Å². The Morgan fingerprint density at radius 1 is 1.17 bits per heavy atom. The summed E-state index contributed by atoms with van der Waals surface area (Å²) in [5.41, 5.74) is 0.764. The lowest BCUT2D eigenvalue weighted by molar-refractivity contribution is -0.895. The van der Waals surface area contributed by atoms with Gasteiger partial charge in [-0.15, -0.1) is 0 Å². The first kappa shape index (κ1) is 23.3. The van der Waals surface area contributed by atoms with E-state index >= 15 is 0 Å². The van der Waals surface area contributed by atoms with Crippen molar-refractivity contribution >= 4 is 21.9 Å². The van der Waals surface area contributed by atoms with Crippen molar-refractivity contribution in [3.05, 3.63) is 35.9 Å². The molecule has 0 aliphatic carbocycles. The summed E-state index contributed by atoms with van der Waals surface area (Å²) < 4.78 is 31.5. The molecule has 0 unspecified atom stereocenters. The molecule has 162 valence electrons. The van der Waals surface area contributed by atoms with Crippen LogP contribution >= 0.6 is 0 Å². The van der Waals surface area contributed by atoms with E-state index in [0.29, 0.717) is 32.6 Å². The predicted molar refractivity (Wildman–Crippen MR) is 110 cm³/mol. The molecular formula is C20H32N3O5S+. The zero-order chi connectivity index (χ0) is 21.4. The topological polar surface area (TPSA) is 97.2 Å². The van der Waals surface area contributed by atoms with Crippen LogP contribution < -0.4 is 10.2 Å². The van der Waals surface area contributed by atoms with Gasteiger partial charge < -0.3 is 15.0 Å². The maximum Gasteiger partial charge on any atom is 0.328 e. The molecule has 29 heavy (non-hydrogen) atoms. The second kappa shape index (κ2) is 10.7. The van der Waals surface area contributed by atoms with Gasteiger partial charge in [-0.1, -0.05) is 44.2 Å². The maximum absolute atomic E-state index is 12.6. The highest BCUT2D eigenvalue weighted by molar-refractivity contribution is 7.88. The first-order valence-corrected chi connectivity index (χ1v) is 11.5. The fourth-order valence-corrected chi connectivity index (χ4v) is 4.97. The number of ether oxygens (including phenoxy) is 1. The molecule has 2 rings (SSSR count). The molecule has 1 aliphatic heterocycles.